The topological polar surface area (TPSA) is 69.8 Å². The van der Waals surface area contributed by atoms with Crippen LogP contribution in [0.25, 0.3) is 0 Å². The van der Waals surface area contributed by atoms with Gasteiger partial charge in [0.2, 0.25) is 0 Å². The van der Waals surface area contributed by atoms with Crippen LogP contribution in [-0.2, 0) is 12.1 Å². The highest BCUT2D eigenvalue weighted by molar-refractivity contribution is 14.0. The lowest BCUT2D eigenvalue weighted by Crippen LogP contribution is -2.44. The van der Waals surface area contributed by atoms with Crippen LogP contribution in [-0.4, -0.2) is 24.7 Å². The zero-order valence-corrected chi connectivity index (χ0v) is 15.1. The predicted molar refractivity (Wildman–Crippen MR) is 96.2 cm³/mol. The van der Waals surface area contributed by atoms with Crippen molar-refractivity contribution in [3.63, 3.8) is 0 Å². The van der Waals surface area contributed by atoms with Crippen molar-refractivity contribution in [2.45, 2.75) is 19.1 Å². The van der Waals surface area contributed by atoms with Crippen LogP contribution in [0.5, 0.6) is 0 Å². The van der Waals surface area contributed by atoms with Crippen molar-refractivity contribution in [2.75, 3.05) is 13.6 Å². The summed E-state index contributed by atoms with van der Waals surface area (Å²) in [5.74, 6) is 1.17. The molecule has 2 heterocycles. The third-order valence-corrected chi connectivity index (χ3v) is 3.65. The zero-order chi connectivity index (χ0) is 14.4. The number of rotatable bonds is 5. The Hall–Kier alpha value is -1.06. The highest BCUT2D eigenvalue weighted by Crippen LogP contribution is 2.19. The van der Waals surface area contributed by atoms with Crippen molar-refractivity contribution in [2.24, 2.45) is 4.99 Å². The van der Waals surface area contributed by atoms with Crippen LogP contribution < -0.4 is 10.6 Å². The fraction of sp³-hybridized carbons (Fsp3) is 0.357. The highest BCUT2D eigenvalue weighted by atomic mass is 127. The summed E-state index contributed by atoms with van der Waals surface area (Å²) >= 11 is 1.66. The Kier molecular flexibility index (Phi) is 7.20. The van der Waals surface area contributed by atoms with Gasteiger partial charge in [0, 0.05) is 13.6 Å². The number of nitrogens with one attached hydrogen (secondary N) is 2. The summed E-state index contributed by atoms with van der Waals surface area (Å²) in [5.41, 5.74) is 0.125. The minimum absolute atomic E-state index is 0. The summed E-state index contributed by atoms with van der Waals surface area (Å²) in [6, 6.07) is 5.57. The number of nitrogens with zero attached hydrogens (tertiary/aromatic N) is 1. The summed E-state index contributed by atoms with van der Waals surface area (Å²) in [6.07, 6.45) is 1.55. The lowest BCUT2D eigenvalue weighted by molar-refractivity contribution is 0.0386. The summed E-state index contributed by atoms with van der Waals surface area (Å²) in [7, 11) is 1.70. The van der Waals surface area contributed by atoms with Gasteiger partial charge in [-0.25, -0.2) is 0 Å². The van der Waals surface area contributed by atoms with Gasteiger partial charge in [0.05, 0.1) is 12.8 Å². The average Bonchev–Trinajstić information content (AvgIpc) is 3.12. The Balaban J connectivity index is 0.00000220. The number of aliphatic imine (C=N–C) groups is 1. The van der Waals surface area contributed by atoms with E-state index in [1.54, 1.807) is 43.7 Å². The minimum atomic E-state index is -1.08. The summed E-state index contributed by atoms with van der Waals surface area (Å²) < 4.78 is 5.23. The molecular weight excluding hydrogens is 401 g/mol. The Morgan fingerprint density at radius 2 is 2.24 bits per heavy atom. The molecule has 0 amide bonds. The lowest BCUT2D eigenvalue weighted by atomic mass is 10.0. The third-order valence-electron chi connectivity index (χ3n) is 2.92. The van der Waals surface area contributed by atoms with Crippen LogP contribution in [0, 0.1) is 0 Å². The first-order chi connectivity index (χ1) is 9.62. The molecule has 0 fully saturated rings. The van der Waals surface area contributed by atoms with E-state index >= 15 is 0 Å². The van der Waals surface area contributed by atoms with Gasteiger partial charge in [-0.05, 0) is 41.4 Å². The number of thiophene rings is 1. The summed E-state index contributed by atoms with van der Waals surface area (Å²) in [5, 5.41) is 20.7. The maximum absolute atomic E-state index is 10.3. The van der Waals surface area contributed by atoms with Crippen molar-refractivity contribution < 1.29 is 9.52 Å². The van der Waals surface area contributed by atoms with Gasteiger partial charge in [0.15, 0.2) is 5.96 Å². The van der Waals surface area contributed by atoms with Gasteiger partial charge in [0.1, 0.15) is 11.4 Å². The highest BCUT2D eigenvalue weighted by Gasteiger charge is 2.26. The third kappa shape index (κ3) is 5.33. The number of aliphatic hydroxyl groups is 1. The molecule has 0 spiro atoms. The largest absolute Gasteiger partial charge is 0.466 e. The molecule has 2 rings (SSSR count). The smallest absolute Gasteiger partial charge is 0.191 e. The fourth-order valence-corrected chi connectivity index (χ4v) is 2.40. The number of hydrogen-bond acceptors (Lipinski definition) is 4. The molecule has 2 aromatic heterocycles. The molecule has 0 aromatic carbocycles. The zero-order valence-electron chi connectivity index (χ0n) is 12.0. The Morgan fingerprint density at radius 3 is 2.81 bits per heavy atom. The molecule has 7 heteroatoms. The van der Waals surface area contributed by atoms with E-state index in [0.717, 1.165) is 0 Å². The van der Waals surface area contributed by atoms with Gasteiger partial charge in [-0.15, -0.1) is 24.0 Å². The van der Waals surface area contributed by atoms with Gasteiger partial charge in [-0.3, -0.25) is 4.99 Å². The number of furan rings is 1. The second-order valence-electron chi connectivity index (χ2n) is 4.66. The maximum Gasteiger partial charge on any atom is 0.191 e. The second-order valence-corrected chi connectivity index (χ2v) is 5.44. The van der Waals surface area contributed by atoms with Crippen molar-refractivity contribution in [3.8, 4) is 0 Å². The first-order valence-corrected chi connectivity index (χ1v) is 7.28. The van der Waals surface area contributed by atoms with E-state index in [2.05, 4.69) is 27.1 Å². The molecule has 1 atom stereocenters. The van der Waals surface area contributed by atoms with E-state index in [1.165, 1.54) is 5.56 Å². The number of guanidine groups is 1. The fourth-order valence-electron chi connectivity index (χ4n) is 1.73. The van der Waals surface area contributed by atoms with Crippen LogP contribution in [0.1, 0.15) is 18.2 Å². The molecule has 116 valence electrons. The van der Waals surface area contributed by atoms with Gasteiger partial charge < -0.3 is 20.2 Å². The molecule has 0 bridgehead atoms. The average molecular weight is 421 g/mol. The van der Waals surface area contributed by atoms with Crippen molar-refractivity contribution in [1.82, 2.24) is 10.6 Å². The van der Waals surface area contributed by atoms with E-state index in [0.29, 0.717) is 24.8 Å². The normalized spacial score (nSPS) is 14.1. The molecular formula is C14H20IN3O2S. The van der Waals surface area contributed by atoms with Crippen molar-refractivity contribution >= 4 is 41.3 Å². The number of hydrogen-bond donors (Lipinski definition) is 3. The van der Waals surface area contributed by atoms with Crippen LogP contribution in [0.4, 0.5) is 0 Å². The van der Waals surface area contributed by atoms with E-state index in [1.807, 2.05) is 5.38 Å². The van der Waals surface area contributed by atoms with Gasteiger partial charge in [-0.1, -0.05) is 0 Å². The summed E-state index contributed by atoms with van der Waals surface area (Å²) in [4.78, 5) is 4.13. The van der Waals surface area contributed by atoms with E-state index < -0.39 is 5.60 Å². The van der Waals surface area contributed by atoms with E-state index in [4.69, 9.17) is 4.42 Å². The molecule has 0 saturated heterocycles. The van der Waals surface area contributed by atoms with Crippen molar-refractivity contribution in [3.05, 3.63) is 46.5 Å². The summed E-state index contributed by atoms with van der Waals surface area (Å²) in [6.45, 7) is 2.71. The second kappa shape index (κ2) is 8.40. The monoisotopic (exact) mass is 421 g/mol. The molecule has 2 aromatic rings. The first-order valence-electron chi connectivity index (χ1n) is 6.34. The Labute approximate surface area is 145 Å². The standard InChI is InChI=1S/C14H19N3O2S.HI/c1-14(18,12-4-3-6-19-12)10-17-13(15-2)16-8-11-5-7-20-9-11;/h3-7,9,18H,8,10H2,1-2H3,(H2,15,16,17);1H. The number of halogens is 1. The van der Waals surface area contributed by atoms with E-state index in [9.17, 15) is 5.11 Å². The molecule has 0 radical (unpaired) electrons. The molecule has 5 nitrogen and oxygen atoms in total. The minimum Gasteiger partial charge on any atom is -0.466 e. The first kappa shape index (κ1) is 18.0. The molecule has 3 N–H and O–H groups in total. The molecule has 0 aliphatic rings. The van der Waals surface area contributed by atoms with Crippen molar-refractivity contribution in [1.29, 1.82) is 0 Å². The molecule has 0 saturated carbocycles. The molecule has 0 aliphatic heterocycles. The van der Waals surface area contributed by atoms with Crippen LogP contribution in [0.3, 0.4) is 0 Å². The van der Waals surface area contributed by atoms with Gasteiger partial charge in [-0.2, -0.15) is 11.3 Å². The van der Waals surface area contributed by atoms with Gasteiger partial charge >= 0.3 is 0 Å². The molecule has 1 unspecified atom stereocenters. The maximum atomic E-state index is 10.3. The lowest BCUT2D eigenvalue weighted by Gasteiger charge is -2.22. The molecule has 21 heavy (non-hydrogen) atoms. The quantitative estimate of drug-likeness (QED) is 0.394. The van der Waals surface area contributed by atoms with Crippen LogP contribution in [0.2, 0.25) is 0 Å². The van der Waals surface area contributed by atoms with Gasteiger partial charge in [0.25, 0.3) is 0 Å². The van der Waals surface area contributed by atoms with E-state index in [-0.39, 0.29) is 24.0 Å². The van der Waals surface area contributed by atoms with Crippen LogP contribution in [0.15, 0.2) is 44.6 Å². The SMILES string of the molecule is CN=C(NCc1ccsc1)NCC(C)(O)c1ccco1.I. The molecule has 0 aliphatic carbocycles. The predicted octanol–water partition coefficient (Wildman–Crippen LogP) is 2.53. The Morgan fingerprint density at radius 1 is 1.43 bits per heavy atom. The Bertz CT molecular complexity index is 539. The van der Waals surface area contributed by atoms with Crippen LogP contribution >= 0.6 is 35.3 Å².